The summed E-state index contributed by atoms with van der Waals surface area (Å²) in [7, 11) is 0. The van der Waals surface area contributed by atoms with Crippen LogP contribution in [-0.2, 0) is 0 Å². The highest BCUT2D eigenvalue weighted by molar-refractivity contribution is 5.31. The molecule has 1 nitrogen and oxygen atoms in total. The van der Waals surface area contributed by atoms with Gasteiger partial charge in [0.1, 0.15) is 0 Å². The molecule has 0 radical (unpaired) electrons. The van der Waals surface area contributed by atoms with E-state index < -0.39 is 5.60 Å². The Hall–Kier alpha value is -0.560. The average molecular weight is 138 g/mol. The zero-order valence-corrected chi connectivity index (χ0v) is 6.76. The second-order valence-corrected chi connectivity index (χ2v) is 3.35. The van der Waals surface area contributed by atoms with Crippen molar-refractivity contribution in [2.75, 3.05) is 0 Å². The van der Waals surface area contributed by atoms with Crippen LogP contribution in [0.15, 0.2) is 23.8 Å². The summed E-state index contributed by atoms with van der Waals surface area (Å²) in [6, 6.07) is 0. The molecular formula is C9H14O. The van der Waals surface area contributed by atoms with Crippen molar-refractivity contribution in [3.05, 3.63) is 23.8 Å². The molecule has 10 heavy (non-hydrogen) atoms. The van der Waals surface area contributed by atoms with Crippen molar-refractivity contribution in [3.8, 4) is 0 Å². The van der Waals surface area contributed by atoms with Crippen molar-refractivity contribution in [2.45, 2.75) is 26.4 Å². The molecule has 1 N–H and O–H groups in total. The van der Waals surface area contributed by atoms with E-state index in [-0.39, 0.29) is 0 Å². The van der Waals surface area contributed by atoms with E-state index in [2.05, 4.69) is 13.0 Å². The average Bonchev–Trinajstić information content (AvgIpc) is 2.11. The van der Waals surface area contributed by atoms with Crippen LogP contribution < -0.4 is 0 Å². The van der Waals surface area contributed by atoms with Gasteiger partial charge in [-0.2, -0.15) is 0 Å². The van der Waals surface area contributed by atoms with Crippen molar-refractivity contribution < 1.29 is 5.11 Å². The summed E-state index contributed by atoms with van der Waals surface area (Å²) in [6.07, 6.45) is 6.08. The standard InChI is InChI=1S/C9H14O/c1-7-5-4-6-8(7)9(2,3)10/h4-7,10H,1-3H3. The molecule has 0 bridgehead atoms. The third-order valence-electron chi connectivity index (χ3n) is 1.87. The van der Waals surface area contributed by atoms with Crippen LogP contribution in [0, 0.1) is 5.92 Å². The minimum absolute atomic E-state index is 0.403. The Labute approximate surface area is 62.1 Å². The fourth-order valence-corrected chi connectivity index (χ4v) is 1.34. The van der Waals surface area contributed by atoms with Gasteiger partial charge in [0, 0.05) is 0 Å². The van der Waals surface area contributed by atoms with Crippen LogP contribution in [-0.4, -0.2) is 10.7 Å². The van der Waals surface area contributed by atoms with Gasteiger partial charge in [-0.1, -0.05) is 25.2 Å². The highest BCUT2D eigenvalue weighted by Crippen LogP contribution is 2.28. The third kappa shape index (κ3) is 1.29. The third-order valence-corrected chi connectivity index (χ3v) is 1.87. The highest BCUT2D eigenvalue weighted by atomic mass is 16.3. The van der Waals surface area contributed by atoms with Gasteiger partial charge < -0.3 is 5.11 Å². The van der Waals surface area contributed by atoms with Gasteiger partial charge in [0.25, 0.3) is 0 Å². The number of allylic oxidation sites excluding steroid dienone is 3. The van der Waals surface area contributed by atoms with Crippen LogP contribution in [0.2, 0.25) is 0 Å². The first-order chi connectivity index (χ1) is 4.52. The molecule has 1 atom stereocenters. The fourth-order valence-electron chi connectivity index (χ4n) is 1.34. The molecule has 0 saturated heterocycles. The summed E-state index contributed by atoms with van der Waals surface area (Å²) < 4.78 is 0. The zero-order valence-electron chi connectivity index (χ0n) is 6.76. The monoisotopic (exact) mass is 138 g/mol. The molecular weight excluding hydrogens is 124 g/mol. The number of aliphatic hydroxyl groups is 1. The van der Waals surface area contributed by atoms with Crippen LogP contribution >= 0.6 is 0 Å². The summed E-state index contributed by atoms with van der Waals surface area (Å²) in [5, 5.41) is 9.58. The minimum atomic E-state index is -0.650. The van der Waals surface area contributed by atoms with Gasteiger partial charge in [0.2, 0.25) is 0 Å². The molecule has 0 fully saturated rings. The van der Waals surface area contributed by atoms with E-state index in [4.69, 9.17) is 0 Å². The lowest BCUT2D eigenvalue weighted by Crippen LogP contribution is -2.24. The summed E-state index contributed by atoms with van der Waals surface area (Å²) >= 11 is 0. The van der Waals surface area contributed by atoms with Gasteiger partial charge in [0.05, 0.1) is 5.60 Å². The maximum absolute atomic E-state index is 9.58. The largest absolute Gasteiger partial charge is 0.386 e. The van der Waals surface area contributed by atoms with Gasteiger partial charge in [-0.05, 0) is 25.3 Å². The molecule has 1 aliphatic rings. The summed E-state index contributed by atoms with van der Waals surface area (Å²) in [5.41, 5.74) is 0.454. The summed E-state index contributed by atoms with van der Waals surface area (Å²) in [5.74, 6) is 0.403. The van der Waals surface area contributed by atoms with Crippen molar-refractivity contribution in [2.24, 2.45) is 5.92 Å². The predicted molar refractivity (Wildman–Crippen MR) is 42.7 cm³/mol. The van der Waals surface area contributed by atoms with Crippen LogP contribution in [0.25, 0.3) is 0 Å². The Morgan fingerprint density at radius 3 is 2.30 bits per heavy atom. The lowest BCUT2D eigenvalue weighted by molar-refractivity contribution is 0.112. The Kier molecular flexibility index (Phi) is 1.69. The van der Waals surface area contributed by atoms with Crippen LogP contribution in [0.4, 0.5) is 0 Å². The molecule has 0 amide bonds. The normalized spacial score (nSPS) is 25.2. The van der Waals surface area contributed by atoms with Crippen molar-refractivity contribution >= 4 is 0 Å². The van der Waals surface area contributed by atoms with Gasteiger partial charge in [-0.25, -0.2) is 0 Å². The molecule has 56 valence electrons. The van der Waals surface area contributed by atoms with Gasteiger partial charge in [-0.15, -0.1) is 0 Å². The molecule has 1 rings (SSSR count). The van der Waals surface area contributed by atoms with E-state index in [0.29, 0.717) is 5.92 Å². The van der Waals surface area contributed by atoms with E-state index in [9.17, 15) is 5.11 Å². The number of hydrogen-bond donors (Lipinski definition) is 1. The maximum Gasteiger partial charge on any atom is 0.0809 e. The number of rotatable bonds is 1. The molecule has 1 heteroatoms. The van der Waals surface area contributed by atoms with Gasteiger partial charge in [0.15, 0.2) is 0 Å². The molecule has 0 aromatic heterocycles. The van der Waals surface area contributed by atoms with E-state index in [1.807, 2.05) is 26.0 Å². The summed E-state index contributed by atoms with van der Waals surface area (Å²) in [6.45, 7) is 5.73. The predicted octanol–water partition coefficient (Wildman–Crippen LogP) is 1.89. The van der Waals surface area contributed by atoms with E-state index in [1.165, 1.54) is 0 Å². The molecule has 0 aromatic rings. The molecule has 0 heterocycles. The molecule has 1 aliphatic carbocycles. The Balaban J connectivity index is 2.78. The number of hydrogen-bond acceptors (Lipinski definition) is 1. The maximum atomic E-state index is 9.58. The first-order valence-electron chi connectivity index (χ1n) is 3.63. The molecule has 0 saturated carbocycles. The minimum Gasteiger partial charge on any atom is -0.386 e. The van der Waals surface area contributed by atoms with Gasteiger partial charge in [-0.3, -0.25) is 0 Å². The quantitative estimate of drug-likeness (QED) is 0.586. The van der Waals surface area contributed by atoms with Crippen LogP contribution in [0.1, 0.15) is 20.8 Å². The molecule has 0 spiro atoms. The SMILES string of the molecule is CC1C=CC=C1C(C)(C)O. The molecule has 0 aliphatic heterocycles. The fraction of sp³-hybridized carbons (Fsp3) is 0.556. The second kappa shape index (κ2) is 2.24. The highest BCUT2D eigenvalue weighted by Gasteiger charge is 2.24. The Morgan fingerprint density at radius 1 is 1.50 bits per heavy atom. The van der Waals surface area contributed by atoms with Crippen LogP contribution in [0.5, 0.6) is 0 Å². The Morgan fingerprint density at radius 2 is 2.10 bits per heavy atom. The van der Waals surface area contributed by atoms with E-state index in [0.717, 1.165) is 5.57 Å². The van der Waals surface area contributed by atoms with Gasteiger partial charge >= 0.3 is 0 Å². The van der Waals surface area contributed by atoms with Crippen molar-refractivity contribution in [1.82, 2.24) is 0 Å². The first kappa shape index (κ1) is 7.55. The smallest absolute Gasteiger partial charge is 0.0809 e. The lowest BCUT2D eigenvalue weighted by atomic mass is 9.90. The van der Waals surface area contributed by atoms with Crippen molar-refractivity contribution in [3.63, 3.8) is 0 Å². The summed E-state index contributed by atoms with van der Waals surface area (Å²) in [4.78, 5) is 0. The van der Waals surface area contributed by atoms with Crippen molar-refractivity contribution in [1.29, 1.82) is 0 Å². The Bertz CT molecular complexity index is 181. The molecule has 0 aromatic carbocycles. The topological polar surface area (TPSA) is 20.2 Å². The first-order valence-corrected chi connectivity index (χ1v) is 3.63. The van der Waals surface area contributed by atoms with E-state index >= 15 is 0 Å². The zero-order chi connectivity index (χ0) is 7.78. The van der Waals surface area contributed by atoms with Crippen LogP contribution in [0.3, 0.4) is 0 Å². The second-order valence-electron chi connectivity index (χ2n) is 3.35. The molecule has 1 unspecified atom stereocenters. The van der Waals surface area contributed by atoms with E-state index in [1.54, 1.807) is 0 Å². The lowest BCUT2D eigenvalue weighted by Gasteiger charge is -2.22.